The summed E-state index contributed by atoms with van der Waals surface area (Å²) in [6, 6.07) is 10.9. The fraction of sp³-hybridized carbons (Fsp3) is 0.250. The van der Waals surface area contributed by atoms with Gasteiger partial charge in [-0.1, -0.05) is 23.8 Å². The maximum absolute atomic E-state index is 12.4. The molecular formula is C16H19NO2S. The number of sulfonamides is 1. The van der Waals surface area contributed by atoms with E-state index in [1.165, 1.54) is 0 Å². The molecule has 2 aromatic carbocycles. The van der Waals surface area contributed by atoms with Crippen molar-refractivity contribution < 1.29 is 8.42 Å². The Kier molecular flexibility index (Phi) is 3.86. The fourth-order valence-corrected chi connectivity index (χ4v) is 3.39. The highest BCUT2D eigenvalue weighted by molar-refractivity contribution is 7.92. The predicted octanol–water partition coefficient (Wildman–Crippen LogP) is 3.72. The number of benzene rings is 2. The molecule has 20 heavy (non-hydrogen) atoms. The SMILES string of the molecule is Cc1ccc(S(=O)(=O)Nc2ccc(C)c(C)c2)c(C)c1. The van der Waals surface area contributed by atoms with Gasteiger partial charge >= 0.3 is 0 Å². The van der Waals surface area contributed by atoms with Gasteiger partial charge in [-0.2, -0.15) is 0 Å². The van der Waals surface area contributed by atoms with Crippen molar-refractivity contribution in [3.8, 4) is 0 Å². The molecule has 0 saturated carbocycles. The van der Waals surface area contributed by atoms with Gasteiger partial charge in [0.05, 0.1) is 4.90 Å². The zero-order valence-electron chi connectivity index (χ0n) is 12.2. The van der Waals surface area contributed by atoms with E-state index in [9.17, 15) is 8.42 Å². The van der Waals surface area contributed by atoms with Crippen LogP contribution in [0, 0.1) is 27.7 Å². The third-order valence-electron chi connectivity index (χ3n) is 3.38. The lowest BCUT2D eigenvalue weighted by molar-refractivity contribution is 0.600. The maximum atomic E-state index is 12.4. The first-order valence-corrected chi connectivity index (χ1v) is 7.95. The van der Waals surface area contributed by atoms with Gasteiger partial charge in [0.25, 0.3) is 10.0 Å². The molecule has 0 heterocycles. The van der Waals surface area contributed by atoms with E-state index in [1.807, 2.05) is 52.0 Å². The van der Waals surface area contributed by atoms with Gasteiger partial charge in [0.15, 0.2) is 0 Å². The standard InChI is InChI=1S/C16H19NO2S/c1-11-5-8-16(14(4)9-11)20(18,19)17-15-7-6-12(2)13(3)10-15/h5-10,17H,1-4H3. The van der Waals surface area contributed by atoms with Crippen LogP contribution in [0.3, 0.4) is 0 Å². The highest BCUT2D eigenvalue weighted by Gasteiger charge is 2.16. The van der Waals surface area contributed by atoms with Crippen molar-refractivity contribution in [3.05, 3.63) is 58.7 Å². The number of nitrogens with one attached hydrogen (secondary N) is 1. The van der Waals surface area contributed by atoms with E-state index in [2.05, 4.69) is 4.72 Å². The topological polar surface area (TPSA) is 46.2 Å². The molecule has 0 radical (unpaired) electrons. The van der Waals surface area contributed by atoms with Crippen molar-refractivity contribution in [2.75, 3.05) is 4.72 Å². The first-order valence-electron chi connectivity index (χ1n) is 6.47. The number of anilines is 1. The fourth-order valence-electron chi connectivity index (χ4n) is 2.12. The Balaban J connectivity index is 2.38. The third-order valence-corrected chi connectivity index (χ3v) is 4.92. The Morgan fingerprint density at radius 1 is 0.800 bits per heavy atom. The van der Waals surface area contributed by atoms with Crippen LogP contribution in [-0.4, -0.2) is 8.42 Å². The van der Waals surface area contributed by atoms with Crippen molar-refractivity contribution in [3.63, 3.8) is 0 Å². The summed E-state index contributed by atoms with van der Waals surface area (Å²) >= 11 is 0. The second-order valence-electron chi connectivity index (χ2n) is 5.17. The molecule has 0 spiro atoms. The van der Waals surface area contributed by atoms with E-state index < -0.39 is 10.0 Å². The van der Waals surface area contributed by atoms with Crippen LogP contribution in [0.2, 0.25) is 0 Å². The van der Waals surface area contributed by atoms with Crippen LogP contribution in [0.25, 0.3) is 0 Å². The molecule has 0 amide bonds. The summed E-state index contributed by atoms with van der Waals surface area (Å²) in [4.78, 5) is 0.321. The van der Waals surface area contributed by atoms with Crippen molar-refractivity contribution in [2.45, 2.75) is 32.6 Å². The monoisotopic (exact) mass is 289 g/mol. The molecule has 3 nitrogen and oxygen atoms in total. The third kappa shape index (κ3) is 3.02. The number of hydrogen-bond acceptors (Lipinski definition) is 2. The van der Waals surface area contributed by atoms with E-state index >= 15 is 0 Å². The minimum absolute atomic E-state index is 0.321. The highest BCUT2D eigenvalue weighted by atomic mass is 32.2. The van der Waals surface area contributed by atoms with Crippen LogP contribution in [-0.2, 0) is 10.0 Å². The minimum Gasteiger partial charge on any atom is -0.280 e. The summed E-state index contributed by atoms with van der Waals surface area (Å²) in [5.74, 6) is 0. The van der Waals surface area contributed by atoms with Gasteiger partial charge in [-0.25, -0.2) is 8.42 Å². The van der Waals surface area contributed by atoms with Gasteiger partial charge in [0.1, 0.15) is 0 Å². The van der Waals surface area contributed by atoms with Gasteiger partial charge in [0, 0.05) is 5.69 Å². The number of rotatable bonds is 3. The zero-order valence-corrected chi connectivity index (χ0v) is 13.0. The first kappa shape index (κ1) is 14.6. The van der Waals surface area contributed by atoms with Gasteiger partial charge in [-0.05, 0) is 62.6 Å². The van der Waals surface area contributed by atoms with E-state index in [0.29, 0.717) is 10.6 Å². The molecule has 0 aliphatic rings. The Morgan fingerprint density at radius 2 is 1.50 bits per heavy atom. The lowest BCUT2D eigenvalue weighted by Gasteiger charge is -2.12. The normalized spacial score (nSPS) is 11.4. The molecule has 0 saturated heterocycles. The van der Waals surface area contributed by atoms with E-state index in [4.69, 9.17) is 0 Å². The number of hydrogen-bond donors (Lipinski definition) is 1. The average Bonchev–Trinajstić information content (AvgIpc) is 2.33. The quantitative estimate of drug-likeness (QED) is 0.936. The molecule has 2 aromatic rings. The smallest absolute Gasteiger partial charge is 0.262 e. The van der Waals surface area contributed by atoms with Crippen LogP contribution >= 0.6 is 0 Å². The summed E-state index contributed by atoms with van der Waals surface area (Å²) < 4.78 is 27.5. The minimum atomic E-state index is -3.54. The van der Waals surface area contributed by atoms with Crippen LogP contribution in [0.5, 0.6) is 0 Å². The van der Waals surface area contributed by atoms with Crippen LogP contribution < -0.4 is 4.72 Å². The Morgan fingerprint density at radius 3 is 2.10 bits per heavy atom. The van der Waals surface area contributed by atoms with Crippen molar-refractivity contribution in [1.82, 2.24) is 0 Å². The van der Waals surface area contributed by atoms with Gasteiger partial charge in [0.2, 0.25) is 0 Å². The molecule has 0 aliphatic heterocycles. The second-order valence-corrected chi connectivity index (χ2v) is 6.82. The van der Waals surface area contributed by atoms with Crippen molar-refractivity contribution in [2.24, 2.45) is 0 Å². The van der Waals surface area contributed by atoms with Crippen LogP contribution in [0.1, 0.15) is 22.3 Å². The van der Waals surface area contributed by atoms with Gasteiger partial charge in [-0.3, -0.25) is 4.72 Å². The van der Waals surface area contributed by atoms with Crippen LogP contribution in [0.15, 0.2) is 41.3 Å². The Labute approximate surface area is 120 Å². The zero-order chi connectivity index (χ0) is 14.9. The molecule has 0 aromatic heterocycles. The molecular weight excluding hydrogens is 270 g/mol. The van der Waals surface area contributed by atoms with Crippen molar-refractivity contribution in [1.29, 1.82) is 0 Å². The summed E-state index contributed by atoms with van der Waals surface area (Å²) in [7, 11) is -3.54. The molecule has 0 aliphatic carbocycles. The summed E-state index contributed by atoms with van der Waals surface area (Å²) in [6.07, 6.45) is 0. The first-order chi connectivity index (χ1) is 9.29. The Hall–Kier alpha value is -1.81. The molecule has 0 unspecified atom stereocenters. The number of aryl methyl sites for hydroxylation is 4. The van der Waals surface area contributed by atoms with E-state index in [0.717, 1.165) is 22.3 Å². The van der Waals surface area contributed by atoms with E-state index in [-0.39, 0.29) is 0 Å². The van der Waals surface area contributed by atoms with E-state index in [1.54, 1.807) is 12.1 Å². The molecule has 0 atom stereocenters. The Bertz CT molecular complexity index is 749. The molecule has 0 bridgehead atoms. The molecule has 1 N–H and O–H groups in total. The van der Waals surface area contributed by atoms with Crippen molar-refractivity contribution >= 4 is 15.7 Å². The average molecular weight is 289 g/mol. The van der Waals surface area contributed by atoms with Gasteiger partial charge in [-0.15, -0.1) is 0 Å². The molecule has 106 valence electrons. The van der Waals surface area contributed by atoms with Crippen LogP contribution in [0.4, 0.5) is 5.69 Å². The largest absolute Gasteiger partial charge is 0.280 e. The molecule has 0 fully saturated rings. The summed E-state index contributed by atoms with van der Waals surface area (Å²) in [5, 5.41) is 0. The summed E-state index contributed by atoms with van der Waals surface area (Å²) in [5.41, 5.74) is 4.59. The lowest BCUT2D eigenvalue weighted by atomic mass is 10.1. The highest BCUT2D eigenvalue weighted by Crippen LogP contribution is 2.21. The van der Waals surface area contributed by atoms with Gasteiger partial charge < -0.3 is 0 Å². The maximum Gasteiger partial charge on any atom is 0.262 e. The predicted molar refractivity (Wildman–Crippen MR) is 82.6 cm³/mol. The summed E-state index contributed by atoms with van der Waals surface area (Å²) in [6.45, 7) is 7.71. The molecule has 2 rings (SSSR count). The molecule has 4 heteroatoms. The lowest BCUT2D eigenvalue weighted by Crippen LogP contribution is -2.14. The second kappa shape index (κ2) is 5.29.